The predicted molar refractivity (Wildman–Crippen MR) is 159 cm³/mol. The van der Waals surface area contributed by atoms with Gasteiger partial charge in [0.1, 0.15) is 29.7 Å². The zero-order valence-corrected chi connectivity index (χ0v) is 25.5. The number of amides is 2. The van der Waals surface area contributed by atoms with Gasteiger partial charge in [0, 0.05) is 23.9 Å². The number of alkyl carbamates (subject to hydrolysis) is 1. The lowest BCUT2D eigenvalue weighted by Crippen LogP contribution is -2.55. The molecule has 11 heteroatoms. The molecule has 1 saturated heterocycles. The van der Waals surface area contributed by atoms with E-state index in [0.29, 0.717) is 28.8 Å². The second kappa shape index (κ2) is 12.9. The average Bonchev–Trinajstić information content (AvgIpc) is 3.41. The summed E-state index contributed by atoms with van der Waals surface area (Å²) in [6.45, 7) is 4.38. The summed E-state index contributed by atoms with van der Waals surface area (Å²) in [4.78, 5) is 57.2. The van der Waals surface area contributed by atoms with Crippen molar-refractivity contribution in [3.63, 3.8) is 0 Å². The van der Waals surface area contributed by atoms with Crippen molar-refractivity contribution < 1.29 is 33.3 Å². The minimum absolute atomic E-state index is 0.0734. The molecule has 1 aromatic carbocycles. The SMILES string of the molecule is COC(=O)[C@@H]1C[C@@H]2CN1C(=O)[C@H](C1CCCCC1)NC(=O)OCC(C)(C)CCCc1cc3c(cc(=O)[nH]c3cc1OC)O2. The molecule has 1 aliphatic carbocycles. The van der Waals surface area contributed by atoms with Crippen LogP contribution in [0.1, 0.15) is 70.8 Å². The monoisotopic (exact) mass is 597 g/mol. The lowest BCUT2D eigenvalue weighted by atomic mass is 9.83. The number of ether oxygens (including phenoxy) is 4. The zero-order chi connectivity index (χ0) is 30.7. The first-order chi connectivity index (χ1) is 20.6. The van der Waals surface area contributed by atoms with Crippen LogP contribution in [-0.4, -0.2) is 73.4 Å². The topological polar surface area (TPSA) is 136 Å². The number of H-pyrrole nitrogens is 1. The fourth-order valence-electron chi connectivity index (χ4n) is 6.73. The molecule has 1 aromatic heterocycles. The van der Waals surface area contributed by atoms with E-state index in [9.17, 15) is 19.2 Å². The third-order valence-corrected chi connectivity index (χ3v) is 9.07. The van der Waals surface area contributed by atoms with Crippen LogP contribution in [0.3, 0.4) is 0 Å². The summed E-state index contributed by atoms with van der Waals surface area (Å²) in [5, 5.41) is 3.59. The first-order valence-electron chi connectivity index (χ1n) is 15.3. The van der Waals surface area contributed by atoms with Gasteiger partial charge in [-0.2, -0.15) is 0 Å². The van der Waals surface area contributed by atoms with E-state index in [2.05, 4.69) is 10.3 Å². The van der Waals surface area contributed by atoms with Gasteiger partial charge in [-0.25, -0.2) is 9.59 Å². The third-order valence-electron chi connectivity index (χ3n) is 9.07. The van der Waals surface area contributed by atoms with Crippen LogP contribution in [0.15, 0.2) is 23.0 Å². The molecular formula is C32H43N3O8. The number of aryl methyl sites for hydroxylation is 1. The molecule has 5 rings (SSSR count). The van der Waals surface area contributed by atoms with Crippen LogP contribution < -0.4 is 20.3 Å². The Morgan fingerprint density at radius 1 is 1.05 bits per heavy atom. The van der Waals surface area contributed by atoms with Gasteiger partial charge in [0.15, 0.2) is 0 Å². The van der Waals surface area contributed by atoms with Crippen LogP contribution in [0.25, 0.3) is 10.9 Å². The Morgan fingerprint density at radius 3 is 2.53 bits per heavy atom. The number of nitrogens with one attached hydrogen (secondary N) is 2. The fourth-order valence-corrected chi connectivity index (χ4v) is 6.73. The molecule has 1 saturated carbocycles. The molecule has 4 bridgehead atoms. The van der Waals surface area contributed by atoms with E-state index in [1.807, 2.05) is 19.9 Å². The van der Waals surface area contributed by atoms with E-state index < -0.39 is 30.3 Å². The number of hydrogen-bond acceptors (Lipinski definition) is 8. The Kier molecular flexibility index (Phi) is 9.17. The van der Waals surface area contributed by atoms with E-state index in [1.165, 1.54) is 18.1 Å². The standard InChI is InChI=1S/C32H43N3O8/c1-32(2)12-8-11-20-13-22-23(15-25(20)40-3)33-27(36)16-26(22)43-21-14-24(30(38)41-4)35(17-21)29(37)28(34-31(39)42-18-32)19-9-6-5-7-10-19/h13,15-16,19,21,24,28H,5-12,14,17-18H2,1-4H3,(H,33,36)(H,34,39)/t21-,24+,28+/m1/s1. The maximum Gasteiger partial charge on any atom is 0.407 e. The van der Waals surface area contributed by atoms with Gasteiger partial charge in [-0.15, -0.1) is 0 Å². The first-order valence-corrected chi connectivity index (χ1v) is 15.3. The van der Waals surface area contributed by atoms with Gasteiger partial charge < -0.3 is 34.1 Å². The van der Waals surface area contributed by atoms with Crippen molar-refractivity contribution in [2.24, 2.45) is 11.3 Å². The van der Waals surface area contributed by atoms with E-state index in [0.717, 1.165) is 50.5 Å². The number of benzene rings is 1. The molecule has 3 heterocycles. The summed E-state index contributed by atoms with van der Waals surface area (Å²) in [6.07, 6.45) is 5.85. The summed E-state index contributed by atoms with van der Waals surface area (Å²) < 4.78 is 22.8. The number of aromatic amines is 1. The quantitative estimate of drug-likeness (QED) is 0.505. The zero-order valence-electron chi connectivity index (χ0n) is 25.5. The molecule has 2 aliphatic heterocycles. The van der Waals surface area contributed by atoms with E-state index in [-0.39, 0.29) is 42.4 Å². The summed E-state index contributed by atoms with van der Waals surface area (Å²) in [5.41, 5.74) is 0.876. The van der Waals surface area contributed by atoms with Crippen molar-refractivity contribution in [2.75, 3.05) is 27.4 Å². The number of pyridine rings is 1. The Morgan fingerprint density at radius 2 is 1.81 bits per heavy atom. The number of carbonyl (C=O) groups excluding carboxylic acids is 3. The number of cyclic esters (lactones) is 1. The predicted octanol–water partition coefficient (Wildman–Crippen LogP) is 4.10. The summed E-state index contributed by atoms with van der Waals surface area (Å²) in [6, 6.07) is 3.44. The van der Waals surface area contributed by atoms with Gasteiger partial charge in [-0.3, -0.25) is 9.59 Å². The van der Waals surface area contributed by atoms with E-state index >= 15 is 0 Å². The van der Waals surface area contributed by atoms with Crippen LogP contribution >= 0.6 is 0 Å². The fraction of sp³-hybridized carbons (Fsp3) is 0.625. The Labute approximate surface area is 251 Å². The van der Waals surface area contributed by atoms with Crippen molar-refractivity contribution in [1.82, 2.24) is 15.2 Å². The molecular weight excluding hydrogens is 554 g/mol. The van der Waals surface area contributed by atoms with Crippen molar-refractivity contribution >= 4 is 28.9 Å². The van der Waals surface area contributed by atoms with Gasteiger partial charge in [0.05, 0.1) is 32.9 Å². The lowest BCUT2D eigenvalue weighted by Gasteiger charge is -2.34. The highest BCUT2D eigenvalue weighted by atomic mass is 16.5. The van der Waals surface area contributed by atoms with Crippen molar-refractivity contribution in [3.8, 4) is 11.5 Å². The summed E-state index contributed by atoms with van der Waals surface area (Å²) in [5.74, 6) is 0.0434. The molecule has 234 valence electrons. The highest BCUT2D eigenvalue weighted by Crippen LogP contribution is 2.35. The second-order valence-corrected chi connectivity index (χ2v) is 12.8. The molecule has 2 amide bonds. The molecule has 3 atom stereocenters. The van der Waals surface area contributed by atoms with Crippen molar-refractivity contribution in [2.45, 2.75) is 89.8 Å². The van der Waals surface area contributed by atoms with Gasteiger partial charge in [-0.05, 0) is 55.1 Å². The minimum atomic E-state index is -0.892. The molecule has 3 aliphatic rings. The van der Waals surface area contributed by atoms with Crippen LogP contribution in [0.5, 0.6) is 11.5 Å². The van der Waals surface area contributed by atoms with Gasteiger partial charge in [0.25, 0.3) is 5.56 Å². The molecule has 0 radical (unpaired) electrons. The normalized spacial score (nSPS) is 25.3. The second-order valence-electron chi connectivity index (χ2n) is 12.8. The molecule has 2 fully saturated rings. The summed E-state index contributed by atoms with van der Waals surface area (Å²) >= 11 is 0. The number of rotatable bonds is 3. The van der Waals surface area contributed by atoms with Crippen molar-refractivity contribution in [1.29, 1.82) is 0 Å². The number of aromatic nitrogens is 1. The summed E-state index contributed by atoms with van der Waals surface area (Å²) in [7, 11) is 2.88. The average molecular weight is 598 g/mol. The molecule has 2 N–H and O–H groups in total. The number of hydrogen-bond donors (Lipinski definition) is 2. The Hall–Kier alpha value is -3.76. The molecule has 43 heavy (non-hydrogen) atoms. The lowest BCUT2D eigenvalue weighted by molar-refractivity contribution is -0.152. The van der Waals surface area contributed by atoms with Crippen LogP contribution in [0.2, 0.25) is 0 Å². The highest BCUT2D eigenvalue weighted by Gasteiger charge is 2.45. The largest absolute Gasteiger partial charge is 0.496 e. The van der Waals surface area contributed by atoms with Crippen LogP contribution in [-0.2, 0) is 25.5 Å². The van der Waals surface area contributed by atoms with Crippen LogP contribution in [0, 0.1) is 11.3 Å². The van der Waals surface area contributed by atoms with Gasteiger partial charge in [0.2, 0.25) is 5.91 Å². The first kappa shape index (κ1) is 30.7. The third kappa shape index (κ3) is 6.91. The number of carbonyl (C=O) groups is 3. The smallest absolute Gasteiger partial charge is 0.407 e. The minimum Gasteiger partial charge on any atom is -0.496 e. The molecule has 0 unspecified atom stereocenters. The van der Waals surface area contributed by atoms with E-state index in [1.54, 1.807) is 13.2 Å². The maximum atomic E-state index is 14.2. The molecule has 2 aromatic rings. The van der Waals surface area contributed by atoms with E-state index in [4.69, 9.17) is 18.9 Å². The van der Waals surface area contributed by atoms with Gasteiger partial charge >= 0.3 is 12.1 Å². The number of nitrogens with zero attached hydrogens (tertiary/aromatic N) is 1. The number of methoxy groups -OCH3 is 2. The van der Waals surface area contributed by atoms with Crippen LogP contribution in [0.4, 0.5) is 4.79 Å². The maximum absolute atomic E-state index is 14.2. The number of esters is 1. The number of fused-ring (bicyclic) bond motifs is 3. The van der Waals surface area contributed by atoms with Gasteiger partial charge in [-0.1, -0.05) is 33.1 Å². The Bertz CT molecular complexity index is 1410. The molecule has 0 spiro atoms. The Balaban J connectivity index is 1.55. The molecule has 11 nitrogen and oxygen atoms in total. The highest BCUT2D eigenvalue weighted by molar-refractivity contribution is 5.91. The van der Waals surface area contributed by atoms with Crippen molar-refractivity contribution in [3.05, 3.63) is 34.1 Å².